The minimum atomic E-state index is -0.481. The minimum Gasteiger partial charge on any atom is -0.320 e. The van der Waals surface area contributed by atoms with Gasteiger partial charge in [0.25, 0.3) is 5.91 Å². The Hall–Kier alpha value is -2.90. The van der Waals surface area contributed by atoms with Gasteiger partial charge in [0, 0.05) is 19.4 Å². The number of carbonyl (C=O) groups is 3. The van der Waals surface area contributed by atoms with E-state index < -0.39 is 17.7 Å². The third kappa shape index (κ3) is 2.31. The SMILES string of the molecule is Cn1ncc(C(=O)N2CC(=O)NC(=O)C2)c1-n1cccc1. The molecule has 0 spiro atoms. The van der Waals surface area contributed by atoms with Crippen LogP contribution in [0.5, 0.6) is 0 Å². The van der Waals surface area contributed by atoms with Crippen molar-refractivity contribution in [3.8, 4) is 5.82 Å². The summed E-state index contributed by atoms with van der Waals surface area (Å²) in [5, 5.41) is 6.25. The summed E-state index contributed by atoms with van der Waals surface area (Å²) in [6, 6.07) is 3.66. The Balaban J connectivity index is 1.96. The highest BCUT2D eigenvalue weighted by Gasteiger charge is 2.29. The molecule has 0 atom stereocenters. The predicted octanol–water partition coefficient (Wildman–Crippen LogP) is -0.691. The number of piperazine rings is 1. The van der Waals surface area contributed by atoms with Crippen LogP contribution in [0.4, 0.5) is 0 Å². The zero-order chi connectivity index (χ0) is 15.0. The first-order valence-corrected chi connectivity index (χ1v) is 6.33. The Morgan fingerprint density at radius 2 is 1.81 bits per heavy atom. The van der Waals surface area contributed by atoms with Crippen molar-refractivity contribution in [1.82, 2.24) is 24.6 Å². The fourth-order valence-corrected chi connectivity index (χ4v) is 2.31. The highest BCUT2D eigenvalue weighted by atomic mass is 16.2. The predicted molar refractivity (Wildman–Crippen MR) is 71.6 cm³/mol. The lowest BCUT2D eigenvalue weighted by molar-refractivity contribution is -0.135. The van der Waals surface area contributed by atoms with E-state index in [1.54, 1.807) is 28.7 Å². The molecule has 3 amide bonds. The third-order valence-electron chi connectivity index (χ3n) is 3.22. The average molecular weight is 287 g/mol. The van der Waals surface area contributed by atoms with Crippen molar-refractivity contribution in [2.24, 2.45) is 7.05 Å². The van der Waals surface area contributed by atoms with Crippen LogP contribution in [0, 0.1) is 0 Å². The number of carbonyl (C=O) groups excluding carboxylic acids is 3. The number of aromatic nitrogens is 3. The van der Waals surface area contributed by atoms with E-state index in [9.17, 15) is 14.4 Å². The maximum atomic E-state index is 12.5. The van der Waals surface area contributed by atoms with Crippen LogP contribution in [-0.2, 0) is 16.6 Å². The summed E-state index contributed by atoms with van der Waals surface area (Å²) < 4.78 is 3.32. The van der Waals surface area contributed by atoms with Crippen LogP contribution in [0.3, 0.4) is 0 Å². The van der Waals surface area contributed by atoms with Gasteiger partial charge in [0.15, 0.2) is 0 Å². The summed E-state index contributed by atoms with van der Waals surface area (Å²) >= 11 is 0. The molecule has 1 fully saturated rings. The highest BCUT2D eigenvalue weighted by molar-refractivity contribution is 6.06. The average Bonchev–Trinajstić information content (AvgIpc) is 3.05. The molecule has 0 aliphatic carbocycles. The number of nitrogens with zero attached hydrogens (tertiary/aromatic N) is 4. The maximum Gasteiger partial charge on any atom is 0.260 e. The number of aryl methyl sites for hydroxylation is 1. The summed E-state index contributed by atoms with van der Waals surface area (Å²) in [4.78, 5) is 36.5. The van der Waals surface area contributed by atoms with Gasteiger partial charge in [-0.25, -0.2) is 0 Å². The number of rotatable bonds is 2. The van der Waals surface area contributed by atoms with Crippen molar-refractivity contribution in [2.45, 2.75) is 0 Å². The number of hydrogen-bond acceptors (Lipinski definition) is 4. The topological polar surface area (TPSA) is 89.2 Å². The van der Waals surface area contributed by atoms with Gasteiger partial charge in [-0.05, 0) is 12.1 Å². The molecular formula is C13H13N5O3. The quantitative estimate of drug-likeness (QED) is 0.740. The molecule has 108 valence electrons. The van der Waals surface area contributed by atoms with Crippen molar-refractivity contribution >= 4 is 17.7 Å². The Morgan fingerprint density at radius 1 is 1.19 bits per heavy atom. The molecule has 1 aliphatic rings. The molecule has 3 heterocycles. The first-order chi connectivity index (χ1) is 10.1. The van der Waals surface area contributed by atoms with Crippen molar-refractivity contribution in [1.29, 1.82) is 0 Å². The number of nitrogens with one attached hydrogen (secondary N) is 1. The standard InChI is InChI=1S/C13H13N5O3/c1-16-12(17-4-2-3-5-17)9(6-14-16)13(21)18-7-10(19)15-11(20)8-18/h2-6H,7-8H2,1H3,(H,15,19,20). The molecule has 3 rings (SSSR count). The smallest absolute Gasteiger partial charge is 0.260 e. The molecule has 2 aromatic heterocycles. The molecule has 8 nitrogen and oxygen atoms in total. The van der Waals surface area contributed by atoms with Crippen LogP contribution in [0.15, 0.2) is 30.7 Å². The Bertz CT molecular complexity index is 700. The second-order valence-corrected chi connectivity index (χ2v) is 4.73. The fraction of sp³-hybridized carbons (Fsp3) is 0.231. The lowest BCUT2D eigenvalue weighted by Gasteiger charge is -2.25. The van der Waals surface area contributed by atoms with Crippen LogP contribution in [0.2, 0.25) is 0 Å². The molecular weight excluding hydrogens is 274 g/mol. The molecule has 0 aromatic carbocycles. The molecule has 8 heteroatoms. The van der Waals surface area contributed by atoms with Gasteiger partial charge in [-0.15, -0.1) is 0 Å². The van der Waals surface area contributed by atoms with E-state index in [4.69, 9.17) is 0 Å². The molecule has 0 saturated carbocycles. The van der Waals surface area contributed by atoms with Crippen LogP contribution >= 0.6 is 0 Å². The van der Waals surface area contributed by atoms with Crippen molar-refractivity contribution in [2.75, 3.05) is 13.1 Å². The largest absolute Gasteiger partial charge is 0.320 e. The molecule has 0 radical (unpaired) electrons. The van der Waals surface area contributed by atoms with Gasteiger partial charge in [0.2, 0.25) is 11.8 Å². The van der Waals surface area contributed by atoms with Crippen molar-refractivity contribution in [3.63, 3.8) is 0 Å². The van der Waals surface area contributed by atoms with Gasteiger partial charge in [0.1, 0.15) is 24.5 Å². The number of imide groups is 1. The first-order valence-electron chi connectivity index (χ1n) is 6.33. The van der Waals surface area contributed by atoms with Crippen molar-refractivity contribution < 1.29 is 14.4 Å². The zero-order valence-electron chi connectivity index (χ0n) is 11.3. The van der Waals surface area contributed by atoms with Crippen LogP contribution in [-0.4, -0.2) is 50.1 Å². The Morgan fingerprint density at radius 3 is 2.43 bits per heavy atom. The summed E-state index contributed by atoms with van der Waals surface area (Å²) in [6.45, 7) is -0.269. The summed E-state index contributed by atoms with van der Waals surface area (Å²) in [7, 11) is 1.72. The van der Waals surface area contributed by atoms with Gasteiger partial charge in [-0.1, -0.05) is 0 Å². The molecule has 0 bridgehead atoms. The van der Waals surface area contributed by atoms with Gasteiger partial charge in [0.05, 0.1) is 6.20 Å². The third-order valence-corrected chi connectivity index (χ3v) is 3.22. The van der Waals surface area contributed by atoms with E-state index >= 15 is 0 Å². The monoisotopic (exact) mass is 287 g/mol. The lowest BCUT2D eigenvalue weighted by Crippen LogP contribution is -2.53. The van der Waals surface area contributed by atoms with Crippen LogP contribution < -0.4 is 5.32 Å². The fourth-order valence-electron chi connectivity index (χ4n) is 2.31. The second kappa shape index (κ2) is 4.89. The molecule has 0 unspecified atom stereocenters. The molecule has 1 aliphatic heterocycles. The van der Waals surface area contributed by atoms with E-state index in [-0.39, 0.29) is 13.1 Å². The maximum absolute atomic E-state index is 12.5. The van der Waals surface area contributed by atoms with Gasteiger partial charge in [-0.2, -0.15) is 5.10 Å². The zero-order valence-corrected chi connectivity index (χ0v) is 11.3. The summed E-state index contributed by atoms with van der Waals surface area (Å²) in [5.41, 5.74) is 0.344. The van der Waals surface area contributed by atoms with E-state index in [0.717, 1.165) is 0 Å². The summed E-state index contributed by atoms with van der Waals surface area (Å²) in [6.07, 6.45) is 5.03. The second-order valence-electron chi connectivity index (χ2n) is 4.73. The molecule has 2 aromatic rings. The first kappa shape index (κ1) is 13.1. The highest BCUT2D eigenvalue weighted by Crippen LogP contribution is 2.16. The number of amides is 3. The van der Waals surface area contributed by atoms with Gasteiger partial charge in [-0.3, -0.25) is 24.4 Å². The molecule has 21 heavy (non-hydrogen) atoms. The van der Waals surface area contributed by atoms with Crippen LogP contribution in [0.1, 0.15) is 10.4 Å². The van der Waals surface area contributed by atoms with Gasteiger partial charge < -0.3 is 9.47 Å². The number of hydrogen-bond donors (Lipinski definition) is 1. The lowest BCUT2D eigenvalue weighted by atomic mass is 10.2. The minimum absolute atomic E-state index is 0.134. The Kier molecular flexibility index (Phi) is 3.05. The van der Waals surface area contributed by atoms with E-state index in [0.29, 0.717) is 11.4 Å². The molecule has 1 N–H and O–H groups in total. The van der Waals surface area contributed by atoms with Crippen molar-refractivity contribution in [3.05, 3.63) is 36.3 Å². The normalized spacial score (nSPS) is 15.2. The van der Waals surface area contributed by atoms with E-state index in [1.807, 2.05) is 12.1 Å². The van der Waals surface area contributed by atoms with Crippen LogP contribution in [0.25, 0.3) is 5.82 Å². The molecule has 1 saturated heterocycles. The Labute approximate surface area is 119 Å². The van der Waals surface area contributed by atoms with Gasteiger partial charge >= 0.3 is 0 Å². The van der Waals surface area contributed by atoms with E-state index in [2.05, 4.69) is 10.4 Å². The summed E-state index contributed by atoms with van der Waals surface area (Å²) in [5.74, 6) is -0.768. The van der Waals surface area contributed by atoms with E-state index in [1.165, 1.54) is 11.1 Å².